The average Bonchev–Trinajstić information content (AvgIpc) is 2.40. The molecule has 98 valence electrons. The number of anilines is 1. The maximum Gasteiger partial charge on any atom is 0.292 e. The van der Waals surface area contributed by atoms with Crippen LogP contribution in [0.1, 0.15) is 0 Å². The van der Waals surface area contributed by atoms with Crippen LogP contribution in [0, 0.1) is 15.9 Å². The minimum atomic E-state index is -0.616. The van der Waals surface area contributed by atoms with Crippen molar-refractivity contribution in [3.05, 3.63) is 46.4 Å². The Morgan fingerprint density at radius 3 is 2.79 bits per heavy atom. The fourth-order valence-corrected chi connectivity index (χ4v) is 1.62. The standard InChI is InChI=1S/C12H10FN3O3/c1-19-12-5-8(9(13)6-15-12)7-2-3-10(14)11(4-7)16(17)18/h2-6H,14H2,1H3. The Labute approximate surface area is 107 Å². The first-order valence-electron chi connectivity index (χ1n) is 5.26. The predicted molar refractivity (Wildman–Crippen MR) is 67.2 cm³/mol. The number of methoxy groups -OCH3 is 1. The number of nitro benzene ring substituents is 1. The van der Waals surface area contributed by atoms with E-state index in [1.807, 2.05) is 0 Å². The third-order valence-corrected chi connectivity index (χ3v) is 2.58. The number of ether oxygens (including phenoxy) is 1. The van der Waals surface area contributed by atoms with E-state index in [1.165, 1.54) is 31.4 Å². The van der Waals surface area contributed by atoms with Crippen LogP contribution in [0.5, 0.6) is 5.88 Å². The SMILES string of the molecule is COc1cc(-c2ccc(N)c([N+](=O)[O-])c2)c(F)cn1. The lowest BCUT2D eigenvalue weighted by Crippen LogP contribution is -1.97. The second-order valence-corrected chi connectivity index (χ2v) is 3.74. The van der Waals surface area contributed by atoms with E-state index in [4.69, 9.17) is 10.5 Å². The summed E-state index contributed by atoms with van der Waals surface area (Å²) >= 11 is 0. The van der Waals surface area contributed by atoms with Gasteiger partial charge < -0.3 is 10.5 Å². The Kier molecular flexibility index (Phi) is 3.28. The summed E-state index contributed by atoms with van der Waals surface area (Å²) in [6.07, 6.45) is 0.996. The fraction of sp³-hybridized carbons (Fsp3) is 0.0833. The third-order valence-electron chi connectivity index (χ3n) is 2.58. The van der Waals surface area contributed by atoms with Crippen LogP contribution in [0.25, 0.3) is 11.1 Å². The van der Waals surface area contributed by atoms with E-state index in [0.717, 1.165) is 6.20 Å². The highest BCUT2D eigenvalue weighted by Crippen LogP contribution is 2.31. The first kappa shape index (κ1) is 12.7. The summed E-state index contributed by atoms with van der Waals surface area (Å²) in [5, 5.41) is 10.8. The van der Waals surface area contributed by atoms with E-state index in [0.29, 0.717) is 5.56 Å². The van der Waals surface area contributed by atoms with Gasteiger partial charge in [0, 0.05) is 17.7 Å². The van der Waals surface area contributed by atoms with Crippen LogP contribution in [0.2, 0.25) is 0 Å². The van der Waals surface area contributed by atoms with Gasteiger partial charge in [0.1, 0.15) is 11.5 Å². The van der Waals surface area contributed by atoms with Crippen LogP contribution in [0.15, 0.2) is 30.5 Å². The molecule has 2 aromatic rings. The van der Waals surface area contributed by atoms with Crippen molar-refractivity contribution >= 4 is 11.4 Å². The van der Waals surface area contributed by atoms with Gasteiger partial charge in [0.15, 0.2) is 0 Å². The average molecular weight is 263 g/mol. The van der Waals surface area contributed by atoms with Crippen molar-refractivity contribution in [3.63, 3.8) is 0 Å². The highest BCUT2D eigenvalue weighted by Gasteiger charge is 2.15. The number of hydrogen-bond donors (Lipinski definition) is 1. The Bertz CT molecular complexity index is 646. The summed E-state index contributed by atoms with van der Waals surface area (Å²) in [4.78, 5) is 13.9. The van der Waals surface area contributed by atoms with Gasteiger partial charge in [-0.3, -0.25) is 10.1 Å². The molecule has 0 saturated heterocycles. The molecule has 0 atom stereocenters. The molecule has 0 aliphatic carbocycles. The molecule has 0 unspecified atom stereocenters. The van der Waals surface area contributed by atoms with Crippen LogP contribution < -0.4 is 10.5 Å². The molecule has 0 fully saturated rings. The molecular weight excluding hydrogens is 253 g/mol. The van der Waals surface area contributed by atoms with Gasteiger partial charge in [-0.25, -0.2) is 9.37 Å². The van der Waals surface area contributed by atoms with Gasteiger partial charge in [0.2, 0.25) is 5.88 Å². The van der Waals surface area contributed by atoms with Gasteiger partial charge in [-0.15, -0.1) is 0 Å². The van der Waals surface area contributed by atoms with Crippen LogP contribution in [0.4, 0.5) is 15.8 Å². The van der Waals surface area contributed by atoms with Gasteiger partial charge >= 0.3 is 0 Å². The number of rotatable bonds is 3. The number of halogens is 1. The van der Waals surface area contributed by atoms with Crippen molar-refractivity contribution in [2.75, 3.05) is 12.8 Å². The molecule has 0 bridgehead atoms. The van der Waals surface area contributed by atoms with Gasteiger partial charge in [-0.05, 0) is 11.6 Å². The summed E-state index contributed by atoms with van der Waals surface area (Å²) in [5.74, 6) is -0.379. The highest BCUT2D eigenvalue weighted by molar-refractivity contribution is 5.72. The molecule has 0 aliphatic rings. The van der Waals surface area contributed by atoms with Crippen LogP contribution in [-0.2, 0) is 0 Å². The molecule has 7 heteroatoms. The maximum absolute atomic E-state index is 13.7. The van der Waals surface area contributed by atoms with Crippen molar-refractivity contribution < 1.29 is 14.1 Å². The molecule has 1 aromatic heterocycles. The summed E-state index contributed by atoms with van der Waals surface area (Å²) in [5.41, 5.74) is 5.74. The maximum atomic E-state index is 13.7. The zero-order valence-electron chi connectivity index (χ0n) is 9.96. The van der Waals surface area contributed by atoms with Crippen molar-refractivity contribution in [1.29, 1.82) is 0 Å². The molecule has 2 N–H and O–H groups in total. The van der Waals surface area contributed by atoms with Crippen molar-refractivity contribution in [3.8, 4) is 17.0 Å². The highest BCUT2D eigenvalue weighted by atomic mass is 19.1. The number of nitrogens with two attached hydrogens (primary N) is 1. The molecule has 1 aromatic carbocycles. The van der Waals surface area contributed by atoms with Gasteiger partial charge in [0.05, 0.1) is 18.2 Å². The number of pyridine rings is 1. The van der Waals surface area contributed by atoms with E-state index in [2.05, 4.69) is 4.98 Å². The first-order valence-corrected chi connectivity index (χ1v) is 5.26. The molecule has 19 heavy (non-hydrogen) atoms. The number of hydrogen-bond acceptors (Lipinski definition) is 5. The minimum Gasteiger partial charge on any atom is -0.481 e. The Morgan fingerprint density at radius 1 is 1.42 bits per heavy atom. The quantitative estimate of drug-likeness (QED) is 0.521. The molecule has 0 amide bonds. The Morgan fingerprint density at radius 2 is 2.16 bits per heavy atom. The number of nitrogen functional groups attached to an aromatic ring is 1. The molecular formula is C12H10FN3O3. The van der Waals surface area contributed by atoms with Crippen molar-refractivity contribution in [2.24, 2.45) is 0 Å². The van der Waals surface area contributed by atoms with Crippen molar-refractivity contribution in [2.45, 2.75) is 0 Å². The van der Waals surface area contributed by atoms with E-state index < -0.39 is 10.7 Å². The summed E-state index contributed by atoms with van der Waals surface area (Å²) in [6.45, 7) is 0. The smallest absolute Gasteiger partial charge is 0.292 e. The monoisotopic (exact) mass is 263 g/mol. The normalized spacial score (nSPS) is 10.2. The molecule has 0 aliphatic heterocycles. The Hall–Kier alpha value is -2.70. The molecule has 0 saturated carbocycles. The second kappa shape index (κ2) is 4.89. The van der Waals surface area contributed by atoms with E-state index in [9.17, 15) is 14.5 Å². The van der Waals surface area contributed by atoms with Crippen LogP contribution >= 0.6 is 0 Å². The number of nitrogens with zero attached hydrogens (tertiary/aromatic N) is 2. The lowest BCUT2D eigenvalue weighted by atomic mass is 10.1. The summed E-state index contributed by atoms with van der Waals surface area (Å²) in [7, 11) is 1.40. The topological polar surface area (TPSA) is 91.3 Å². The minimum absolute atomic E-state index is 0.0233. The summed E-state index contributed by atoms with van der Waals surface area (Å²) < 4.78 is 18.6. The fourth-order valence-electron chi connectivity index (χ4n) is 1.62. The number of aromatic nitrogens is 1. The molecule has 6 nitrogen and oxygen atoms in total. The molecule has 0 radical (unpaired) electrons. The van der Waals surface area contributed by atoms with Gasteiger partial charge in [-0.2, -0.15) is 0 Å². The first-order chi connectivity index (χ1) is 9.02. The van der Waals surface area contributed by atoms with E-state index >= 15 is 0 Å². The third kappa shape index (κ3) is 2.44. The second-order valence-electron chi connectivity index (χ2n) is 3.74. The van der Waals surface area contributed by atoms with E-state index in [1.54, 1.807) is 0 Å². The predicted octanol–water partition coefficient (Wildman–Crippen LogP) is 2.39. The summed E-state index contributed by atoms with van der Waals surface area (Å²) in [6, 6.07) is 5.44. The zero-order chi connectivity index (χ0) is 14.0. The largest absolute Gasteiger partial charge is 0.481 e. The van der Waals surface area contributed by atoms with Crippen LogP contribution in [-0.4, -0.2) is 17.0 Å². The zero-order valence-corrected chi connectivity index (χ0v) is 9.96. The van der Waals surface area contributed by atoms with Crippen LogP contribution in [0.3, 0.4) is 0 Å². The molecule has 2 rings (SSSR count). The van der Waals surface area contributed by atoms with Gasteiger partial charge in [-0.1, -0.05) is 6.07 Å². The number of nitro groups is 1. The van der Waals surface area contributed by atoms with Gasteiger partial charge in [0.25, 0.3) is 5.69 Å². The number of benzene rings is 1. The lowest BCUT2D eigenvalue weighted by molar-refractivity contribution is -0.383. The molecule has 0 spiro atoms. The molecule has 1 heterocycles. The lowest BCUT2D eigenvalue weighted by Gasteiger charge is -2.06. The Balaban J connectivity index is 2.59. The van der Waals surface area contributed by atoms with E-state index in [-0.39, 0.29) is 22.8 Å². The van der Waals surface area contributed by atoms with Crippen molar-refractivity contribution in [1.82, 2.24) is 4.98 Å².